The lowest BCUT2D eigenvalue weighted by Gasteiger charge is -2.04. The van der Waals surface area contributed by atoms with E-state index in [1.165, 1.54) is 0 Å². The van der Waals surface area contributed by atoms with Crippen molar-refractivity contribution in [1.82, 2.24) is 0 Å². The number of hydrogen-bond donors (Lipinski definition) is 0. The van der Waals surface area contributed by atoms with Crippen molar-refractivity contribution < 1.29 is 0 Å². The van der Waals surface area contributed by atoms with Gasteiger partial charge in [-0.2, -0.15) is 0 Å². The van der Waals surface area contributed by atoms with Gasteiger partial charge in [0, 0.05) is 11.2 Å². The van der Waals surface area contributed by atoms with Crippen molar-refractivity contribution in [1.29, 1.82) is 0 Å². The van der Waals surface area contributed by atoms with Crippen LogP contribution in [-0.4, -0.2) is 10.1 Å². The van der Waals surface area contributed by atoms with Crippen LogP contribution in [0.15, 0.2) is 0 Å². The van der Waals surface area contributed by atoms with E-state index in [1.54, 1.807) is 0 Å². The Hall–Kier alpha value is 0.930. The molecule has 0 amide bonds. The zero-order valence-corrected chi connectivity index (χ0v) is 6.91. The van der Waals surface area contributed by atoms with Crippen molar-refractivity contribution in [3.63, 3.8) is 0 Å². The van der Waals surface area contributed by atoms with Crippen LogP contribution in [0.25, 0.3) is 0 Å². The van der Waals surface area contributed by atoms with E-state index in [2.05, 4.69) is 0 Å². The lowest BCUT2D eigenvalue weighted by atomic mass is 10.2. The molecule has 0 saturated heterocycles. The fourth-order valence-electron chi connectivity index (χ4n) is 0.602. The van der Waals surface area contributed by atoms with E-state index in [1.807, 2.05) is 6.92 Å². The summed E-state index contributed by atoms with van der Waals surface area (Å²) in [4.78, 5) is 0. The number of halogens is 2. The fourth-order valence-corrected chi connectivity index (χ4v) is 1.83. The smallest absolute Gasteiger partial charge is 0.101 e. The molecule has 0 aromatic carbocycles. The van der Waals surface area contributed by atoms with Crippen LogP contribution in [-0.2, 0) is 0 Å². The highest BCUT2D eigenvalue weighted by molar-refractivity contribution is 7.80. The van der Waals surface area contributed by atoms with Crippen molar-refractivity contribution in [2.24, 2.45) is 5.41 Å². The SMILES string of the molecule is CC1(C[S])CC1(Cl)Cl. The summed E-state index contributed by atoms with van der Waals surface area (Å²) in [5, 5.41) is 0. The molecule has 0 aliphatic heterocycles. The van der Waals surface area contributed by atoms with E-state index in [9.17, 15) is 0 Å². The predicted molar refractivity (Wildman–Crippen MR) is 39.6 cm³/mol. The maximum absolute atomic E-state index is 5.75. The maximum atomic E-state index is 5.75. The number of hydrogen-bond acceptors (Lipinski definition) is 0. The fraction of sp³-hybridized carbons (Fsp3) is 1.00. The molecule has 3 heteroatoms. The molecule has 1 rings (SSSR count). The minimum atomic E-state index is -0.505. The monoisotopic (exact) mass is 169 g/mol. The molecule has 8 heavy (non-hydrogen) atoms. The molecule has 0 spiro atoms. The molecule has 1 aliphatic carbocycles. The van der Waals surface area contributed by atoms with Crippen LogP contribution in [0, 0.1) is 5.41 Å². The van der Waals surface area contributed by atoms with Crippen LogP contribution in [0.2, 0.25) is 0 Å². The second-order valence-corrected chi connectivity index (χ2v) is 4.36. The van der Waals surface area contributed by atoms with E-state index in [0.29, 0.717) is 5.75 Å². The van der Waals surface area contributed by atoms with E-state index in [-0.39, 0.29) is 5.41 Å². The van der Waals surface area contributed by atoms with Gasteiger partial charge in [-0.15, -0.1) is 23.2 Å². The van der Waals surface area contributed by atoms with Crippen LogP contribution in [0.5, 0.6) is 0 Å². The summed E-state index contributed by atoms with van der Waals surface area (Å²) in [6.45, 7) is 2.01. The summed E-state index contributed by atoms with van der Waals surface area (Å²) in [5.74, 6) is 0.667. The average Bonchev–Trinajstić information content (AvgIpc) is 2.10. The molecule has 0 heterocycles. The first-order valence-electron chi connectivity index (χ1n) is 2.48. The van der Waals surface area contributed by atoms with Gasteiger partial charge >= 0.3 is 0 Å². The normalized spacial score (nSPS) is 42.0. The molecule has 1 radical (unpaired) electrons. The minimum Gasteiger partial charge on any atom is -0.101 e. The largest absolute Gasteiger partial charge is 0.125 e. The van der Waals surface area contributed by atoms with Gasteiger partial charge in [0.15, 0.2) is 0 Å². The van der Waals surface area contributed by atoms with Crippen LogP contribution in [0.4, 0.5) is 0 Å². The Balaban J connectivity index is 2.55. The Morgan fingerprint density at radius 1 is 1.62 bits per heavy atom. The zero-order chi connectivity index (χ0) is 6.41. The minimum absolute atomic E-state index is 0.0332. The van der Waals surface area contributed by atoms with Gasteiger partial charge in [0.25, 0.3) is 0 Å². The molecular weight excluding hydrogens is 163 g/mol. The molecule has 0 bridgehead atoms. The maximum Gasteiger partial charge on any atom is 0.125 e. The first-order valence-corrected chi connectivity index (χ1v) is 3.81. The first kappa shape index (κ1) is 7.04. The Kier molecular flexibility index (Phi) is 1.50. The number of rotatable bonds is 1. The van der Waals surface area contributed by atoms with Gasteiger partial charge in [-0.25, -0.2) is 0 Å². The summed E-state index contributed by atoms with van der Waals surface area (Å²) in [5.41, 5.74) is 0.0332. The Labute approximate surface area is 65.0 Å². The van der Waals surface area contributed by atoms with Crippen LogP contribution in [0.1, 0.15) is 13.3 Å². The highest BCUT2D eigenvalue weighted by Crippen LogP contribution is 2.63. The Morgan fingerprint density at radius 3 is 2.00 bits per heavy atom. The molecule has 0 nitrogen and oxygen atoms in total. The van der Waals surface area contributed by atoms with Crippen molar-refractivity contribution in [2.75, 3.05) is 5.75 Å². The van der Waals surface area contributed by atoms with Gasteiger partial charge in [0.05, 0.1) is 0 Å². The lowest BCUT2D eigenvalue weighted by Crippen LogP contribution is -2.04. The summed E-state index contributed by atoms with van der Waals surface area (Å²) < 4.78 is -0.505. The third-order valence-corrected chi connectivity index (χ3v) is 3.51. The molecule has 1 unspecified atom stereocenters. The van der Waals surface area contributed by atoms with E-state index in [4.69, 9.17) is 35.8 Å². The van der Waals surface area contributed by atoms with E-state index >= 15 is 0 Å². The molecule has 1 fully saturated rings. The molecule has 1 aliphatic rings. The van der Waals surface area contributed by atoms with Crippen molar-refractivity contribution >= 4 is 35.8 Å². The molecule has 0 aromatic heterocycles. The average molecular weight is 170 g/mol. The quantitative estimate of drug-likeness (QED) is 0.531. The summed E-state index contributed by atoms with van der Waals surface area (Å²) >= 11 is 16.3. The molecule has 0 aromatic rings. The predicted octanol–water partition coefficient (Wildman–Crippen LogP) is 2.77. The van der Waals surface area contributed by atoms with Gasteiger partial charge in [-0.1, -0.05) is 19.6 Å². The van der Waals surface area contributed by atoms with Gasteiger partial charge in [-0.3, -0.25) is 0 Å². The zero-order valence-electron chi connectivity index (χ0n) is 4.58. The highest BCUT2D eigenvalue weighted by Gasteiger charge is 2.61. The van der Waals surface area contributed by atoms with Crippen LogP contribution >= 0.6 is 35.8 Å². The Morgan fingerprint density at radius 2 is 2.00 bits per heavy atom. The summed E-state index contributed by atoms with van der Waals surface area (Å²) in [6, 6.07) is 0. The second kappa shape index (κ2) is 1.71. The second-order valence-electron chi connectivity index (χ2n) is 2.59. The van der Waals surface area contributed by atoms with Crippen LogP contribution in [0.3, 0.4) is 0 Å². The van der Waals surface area contributed by atoms with Gasteiger partial charge in [0.1, 0.15) is 4.33 Å². The topological polar surface area (TPSA) is 0 Å². The molecule has 1 saturated carbocycles. The van der Waals surface area contributed by atoms with E-state index < -0.39 is 4.33 Å². The van der Waals surface area contributed by atoms with Gasteiger partial charge < -0.3 is 0 Å². The third kappa shape index (κ3) is 0.850. The lowest BCUT2D eigenvalue weighted by molar-refractivity contribution is 0.657. The van der Waals surface area contributed by atoms with Gasteiger partial charge in [-0.05, 0) is 6.42 Å². The van der Waals surface area contributed by atoms with Gasteiger partial charge in [0.2, 0.25) is 0 Å². The highest BCUT2D eigenvalue weighted by atomic mass is 35.5. The Bertz CT molecular complexity index is 113. The van der Waals surface area contributed by atoms with Crippen molar-refractivity contribution in [3.8, 4) is 0 Å². The number of alkyl halides is 2. The first-order chi connectivity index (χ1) is 3.52. The standard InChI is InChI=1S/C5H7Cl2S/c1-4(3-8)2-5(4,6)7/h2-3H2,1H3. The third-order valence-electron chi connectivity index (χ3n) is 1.69. The van der Waals surface area contributed by atoms with Crippen LogP contribution < -0.4 is 0 Å². The van der Waals surface area contributed by atoms with Crippen molar-refractivity contribution in [2.45, 2.75) is 17.7 Å². The molecule has 1 atom stereocenters. The molecule has 47 valence electrons. The van der Waals surface area contributed by atoms with Crippen molar-refractivity contribution in [3.05, 3.63) is 0 Å². The summed E-state index contributed by atoms with van der Waals surface area (Å²) in [7, 11) is 0. The molecule has 0 N–H and O–H groups in total. The van der Waals surface area contributed by atoms with E-state index in [0.717, 1.165) is 6.42 Å². The molecular formula is C5H7Cl2S. The summed E-state index contributed by atoms with van der Waals surface area (Å²) in [6.07, 6.45) is 0.854.